The average molecular weight is 401 g/mol. The van der Waals surface area contributed by atoms with Crippen LogP contribution >= 0.6 is 0 Å². The van der Waals surface area contributed by atoms with Crippen LogP contribution in [-0.4, -0.2) is 32.4 Å². The Kier molecular flexibility index (Phi) is 5.07. The molecule has 1 aromatic heterocycles. The van der Waals surface area contributed by atoms with E-state index in [1.54, 1.807) is 25.4 Å². The Balaban J connectivity index is 1.66. The minimum atomic E-state index is -3.72. The van der Waals surface area contributed by atoms with E-state index in [1.807, 2.05) is 0 Å². The Labute approximate surface area is 164 Å². The van der Waals surface area contributed by atoms with Crippen molar-refractivity contribution >= 4 is 21.7 Å². The molecule has 0 unspecified atom stereocenters. The Bertz CT molecular complexity index is 998. The Hall–Kier alpha value is -2.45. The third-order valence-corrected chi connectivity index (χ3v) is 6.78. The lowest BCUT2D eigenvalue weighted by molar-refractivity contribution is 0.0992. The number of nitrogens with zero attached hydrogens (tertiary/aromatic N) is 2. The number of nitrogens with one attached hydrogen (secondary N) is 1. The highest BCUT2D eigenvalue weighted by Crippen LogP contribution is 2.37. The molecular formula is C20H23N3O4S. The predicted molar refractivity (Wildman–Crippen MR) is 105 cm³/mol. The monoisotopic (exact) mass is 401 g/mol. The number of ether oxygens (including phenoxy) is 1. The fraction of sp³-hybridized carbons (Fsp3) is 0.400. The third-order valence-electron chi connectivity index (χ3n) is 5.26. The topological polar surface area (TPSA) is 88.6 Å². The van der Waals surface area contributed by atoms with E-state index in [1.165, 1.54) is 23.1 Å². The highest BCUT2D eigenvalue weighted by molar-refractivity contribution is 7.89. The van der Waals surface area contributed by atoms with Gasteiger partial charge in [0.2, 0.25) is 10.0 Å². The molecule has 1 aliphatic heterocycles. The summed E-state index contributed by atoms with van der Waals surface area (Å²) in [6, 6.07) is 7.78. The summed E-state index contributed by atoms with van der Waals surface area (Å²) in [6.45, 7) is 0. The zero-order valence-corrected chi connectivity index (χ0v) is 16.5. The Morgan fingerprint density at radius 1 is 1.11 bits per heavy atom. The van der Waals surface area contributed by atoms with Gasteiger partial charge < -0.3 is 4.74 Å². The Morgan fingerprint density at radius 3 is 2.61 bits per heavy atom. The number of pyridine rings is 1. The molecule has 1 N–H and O–H groups in total. The summed E-state index contributed by atoms with van der Waals surface area (Å²) in [5.74, 6) is 0.796. The smallest absolute Gasteiger partial charge is 0.263 e. The molecule has 4 rings (SSSR count). The second-order valence-electron chi connectivity index (χ2n) is 7.26. The van der Waals surface area contributed by atoms with Crippen LogP contribution in [0.1, 0.15) is 48.9 Å². The average Bonchev–Trinajstić information content (AvgIpc) is 3.00. The van der Waals surface area contributed by atoms with Gasteiger partial charge in [-0.15, -0.1) is 0 Å². The standard InChI is InChI=1S/C20H23N3O4S/c1-23-19-18(9-6-12-21-19)27-17-11-10-15(13-16(17)20(23)24)28(25,26)22-14-7-4-2-3-5-8-14/h6,9-14,22H,2-5,7-8H2,1H3. The lowest BCUT2D eigenvalue weighted by Gasteiger charge is -2.17. The molecule has 7 nitrogen and oxygen atoms in total. The number of anilines is 1. The fourth-order valence-electron chi connectivity index (χ4n) is 3.73. The number of aromatic nitrogens is 1. The van der Waals surface area contributed by atoms with Gasteiger partial charge in [-0.3, -0.25) is 9.69 Å². The van der Waals surface area contributed by atoms with E-state index in [2.05, 4.69) is 9.71 Å². The van der Waals surface area contributed by atoms with Crippen molar-refractivity contribution in [1.82, 2.24) is 9.71 Å². The van der Waals surface area contributed by atoms with Gasteiger partial charge in [0.1, 0.15) is 5.75 Å². The van der Waals surface area contributed by atoms with Crippen molar-refractivity contribution in [3.63, 3.8) is 0 Å². The minimum absolute atomic E-state index is 0.0607. The second kappa shape index (κ2) is 7.52. The minimum Gasteiger partial charge on any atom is -0.453 e. The molecule has 1 aliphatic carbocycles. The van der Waals surface area contributed by atoms with Crippen molar-refractivity contribution in [2.75, 3.05) is 11.9 Å². The number of sulfonamides is 1. The molecule has 1 aromatic carbocycles. The molecule has 0 atom stereocenters. The number of amides is 1. The lowest BCUT2D eigenvalue weighted by atomic mass is 10.1. The van der Waals surface area contributed by atoms with Gasteiger partial charge in [-0.2, -0.15) is 0 Å². The number of carbonyl (C=O) groups excluding carboxylic acids is 1. The number of fused-ring (bicyclic) bond motifs is 2. The normalized spacial score (nSPS) is 17.9. The SMILES string of the molecule is CN1C(=O)c2cc(S(=O)(=O)NC3CCCCCC3)ccc2Oc2cccnc21. The van der Waals surface area contributed by atoms with Crippen molar-refractivity contribution in [3.05, 3.63) is 42.1 Å². The van der Waals surface area contributed by atoms with Crippen molar-refractivity contribution in [3.8, 4) is 11.5 Å². The van der Waals surface area contributed by atoms with E-state index in [-0.39, 0.29) is 22.4 Å². The van der Waals surface area contributed by atoms with Crippen molar-refractivity contribution < 1.29 is 17.9 Å². The van der Waals surface area contributed by atoms with Crippen molar-refractivity contribution in [1.29, 1.82) is 0 Å². The Morgan fingerprint density at radius 2 is 1.86 bits per heavy atom. The van der Waals surface area contributed by atoms with Crippen LogP contribution in [0.5, 0.6) is 11.5 Å². The van der Waals surface area contributed by atoms with E-state index < -0.39 is 10.0 Å². The van der Waals surface area contributed by atoms with Gasteiger partial charge in [0, 0.05) is 19.3 Å². The molecule has 148 valence electrons. The van der Waals surface area contributed by atoms with Gasteiger partial charge in [-0.05, 0) is 43.2 Å². The van der Waals surface area contributed by atoms with Gasteiger partial charge >= 0.3 is 0 Å². The van der Waals surface area contributed by atoms with Crippen LogP contribution in [0.4, 0.5) is 5.82 Å². The summed E-state index contributed by atoms with van der Waals surface area (Å²) in [7, 11) is -2.13. The second-order valence-corrected chi connectivity index (χ2v) is 8.97. The van der Waals surface area contributed by atoms with Crippen LogP contribution in [0, 0.1) is 0 Å². The molecule has 2 aliphatic rings. The quantitative estimate of drug-likeness (QED) is 0.796. The number of hydrogen-bond acceptors (Lipinski definition) is 5. The lowest BCUT2D eigenvalue weighted by Crippen LogP contribution is -2.34. The number of benzene rings is 1. The van der Waals surface area contributed by atoms with Crippen LogP contribution in [0.15, 0.2) is 41.4 Å². The molecule has 2 heterocycles. The van der Waals surface area contributed by atoms with Gasteiger partial charge in [0.15, 0.2) is 11.6 Å². The molecule has 1 fully saturated rings. The maximum atomic E-state index is 12.9. The van der Waals surface area contributed by atoms with Crippen LogP contribution in [0.25, 0.3) is 0 Å². The predicted octanol–water partition coefficient (Wildman–Crippen LogP) is 3.47. The molecule has 1 amide bonds. The summed E-state index contributed by atoms with van der Waals surface area (Å²) in [5.41, 5.74) is 0.198. The van der Waals surface area contributed by atoms with Gasteiger partial charge in [0.05, 0.1) is 10.5 Å². The summed E-state index contributed by atoms with van der Waals surface area (Å²) in [6.07, 6.45) is 7.60. The molecular weight excluding hydrogens is 378 g/mol. The zero-order chi connectivity index (χ0) is 19.7. The molecule has 28 heavy (non-hydrogen) atoms. The van der Waals surface area contributed by atoms with E-state index in [4.69, 9.17) is 4.74 Å². The largest absolute Gasteiger partial charge is 0.453 e. The van der Waals surface area contributed by atoms with Crippen LogP contribution in [0.2, 0.25) is 0 Å². The molecule has 0 bridgehead atoms. The molecule has 0 spiro atoms. The third kappa shape index (κ3) is 3.62. The van der Waals surface area contributed by atoms with Gasteiger partial charge in [0.25, 0.3) is 5.91 Å². The number of hydrogen-bond donors (Lipinski definition) is 1. The summed E-state index contributed by atoms with van der Waals surface area (Å²) in [4.78, 5) is 18.5. The number of rotatable bonds is 3. The summed E-state index contributed by atoms with van der Waals surface area (Å²) >= 11 is 0. The first kappa shape index (κ1) is 18.9. The maximum absolute atomic E-state index is 12.9. The van der Waals surface area contributed by atoms with E-state index in [9.17, 15) is 13.2 Å². The van der Waals surface area contributed by atoms with Crippen molar-refractivity contribution in [2.24, 2.45) is 0 Å². The van der Waals surface area contributed by atoms with Crippen LogP contribution in [0.3, 0.4) is 0 Å². The van der Waals surface area contributed by atoms with E-state index in [0.29, 0.717) is 17.3 Å². The fourth-order valence-corrected chi connectivity index (χ4v) is 5.06. The first-order chi connectivity index (χ1) is 13.5. The van der Waals surface area contributed by atoms with Crippen LogP contribution in [-0.2, 0) is 10.0 Å². The highest BCUT2D eigenvalue weighted by atomic mass is 32.2. The molecule has 1 saturated carbocycles. The first-order valence-electron chi connectivity index (χ1n) is 9.53. The summed E-state index contributed by atoms with van der Waals surface area (Å²) in [5, 5.41) is 0. The van der Waals surface area contributed by atoms with E-state index >= 15 is 0 Å². The highest BCUT2D eigenvalue weighted by Gasteiger charge is 2.29. The molecule has 8 heteroatoms. The van der Waals surface area contributed by atoms with Gasteiger partial charge in [-0.1, -0.05) is 25.7 Å². The molecule has 0 radical (unpaired) electrons. The summed E-state index contributed by atoms with van der Waals surface area (Å²) < 4.78 is 34.5. The molecule has 0 saturated heterocycles. The van der Waals surface area contributed by atoms with Crippen LogP contribution < -0.4 is 14.4 Å². The number of carbonyl (C=O) groups is 1. The maximum Gasteiger partial charge on any atom is 0.263 e. The van der Waals surface area contributed by atoms with Crippen molar-refractivity contribution in [2.45, 2.75) is 49.5 Å². The van der Waals surface area contributed by atoms with E-state index in [0.717, 1.165) is 38.5 Å². The molecule has 2 aromatic rings. The zero-order valence-electron chi connectivity index (χ0n) is 15.7. The first-order valence-corrected chi connectivity index (χ1v) is 11.0. The van der Waals surface area contributed by atoms with Gasteiger partial charge in [-0.25, -0.2) is 18.1 Å².